The molecule has 2 atom stereocenters. The number of carbonyl (C=O) groups is 2. The minimum absolute atomic E-state index is 0. The van der Waals surface area contributed by atoms with Crippen LogP contribution in [0.1, 0.15) is 141 Å². The minimum atomic E-state index is -0.733. The number of fused-ring (bicyclic) bond motifs is 2. The molecule has 10 rings (SSSR count). The van der Waals surface area contributed by atoms with Crippen LogP contribution in [-0.4, -0.2) is 157 Å². The molecule has 4 aromatic heterocycles. The summed E-state index contributed by atoms with van der Waals surface area (Å²) in [6.07, 6.45) is 22.1. The van der Waals surface area contributed by atoms with Gasteiger partial charge in [-0.25, -0.2) is 9.97 Å². The van der Waals surface area contributed by atoms with Crippen molar-refractivity contribution in [2.75, 3.05) is 95.1 Å². The van der Waals surface area contributed by atoms with E-state index >= 15 is 0 Å². The van der Waals surface area contributed by atoms with E-state index in [1.54, 1.807) is 0 Å². The van der Waals surface area contributed by atoms with Gasteiger partial charge in [0, 0.05) is 49.5 Å². The molecule has 4 fully saturated rings. The van der Waals surface area contributed by atoms with E-state index in [4.69, 9.17) is 54.0 Å². The minimum Gasteiger partial charge on any atom is -0.870 e. The molecule has 4 aliphatic heterocycles. The van der Waals surface area contributed by atoms with Crippen molar-refractivity contribution in [1.29, 1.82) is 0 Å². The Hall–Kier alpha value is -6.32. The molecule has 2 aromatic carbocycles. The number of unbranched alkanes of at least 4 members (excludes halogenated alkanes) is 6. The van der Waals surface area contributed by atoms with E-state index in [0.29, 0.717) is 50.0 Å². The topological polar surface area (TPSA) is 272 Å². The predicted octanol–water partition coefficient (Wildman–Crippen LogP) is 7.29. The number of nitrogens with one attached hydrogen (secondary N) is 4. The number of carbonyl (C=O) groups excluding carboxylic acids is 1. The Morgan fingerprint density at radius 3 is 1.40 bits per heavy atom. The molecule has 0 radical (unpaired) electrons. The Bertz CT molecular complexity index is 2890. The second-order valence-corrected chi connectivity index (χ2v) is 21.8. The van der Waals surface area contributed by atoms with Crippen LogP contribution in [0.15, 0.2) is 61.2 Å². The van der Waals surface area contributed by atoms with Crippen LogP contribution in [0.2, 0.25) is 0 Å². The molecule has 23 nitrogen and oxygen atoms in total. The summed E-state index contributed by atoms with van der Waals surface area (Å²) in [6, 6.07) is 16.3. The van der Waals surface area contributed by atoms with Gasteiger partial charge < -0.3 is 65.3 Å². The van der Waals surface area contributed by atoms with Gasteiger partial charge >= 0.3 is 30.8 Å². The SMILES string of the molecule is CN1CCC(Nc2nc(Nc3ccc(OCCCCCCC(=O)O)cc3)nc3c2ncn3C2CCCCO2)CC1.COC(=O)CCCCCCOc1ccc(Nc2nc(NC3CCN(C)CC3)c3ncn(C4CCCCO4)c3n2)cc1.[Li+].[OH-]. The zero-order chi connectivity index (χ0) is 56.2. The molecule has 0 bridgehead atoms. The molecule has 446 valence electrons. The van der Waals surface area contributed by atoms with Gasteiger partial charge in [-0.1, -0.05) is 25.7 Å². The number of imidazole rings is 2. The van der Waals surface area contributed by atoms with Gasteiger partial charge in [0.05, 0.1) is 33.0 Å². The number of likely N-dealkylation sites (tertiary alicyclic amines) is 2. The summed E-state index contributed by atoms with van der Waals surface area (Å²) in [4.78, 5) is 55.4. The van der Waals surface area contributed by atoms with Crippen LogP contribution in [0.25, 0.3) is 22.3 Å². The number of carboxylic acid groups (broad SMARTS) is 1. The maximum Gasteiger partial charge on any atom is 1.00 e. The molecule has 0 amide bonds. The number of esters is 1. The summed E-state index contributed by atoms with van der Waals surface area (Å²) in [5.41, 5.74) is 4.83. The molecule has 4 saturated heterocycles. The first-order valence-electron chi connectivity index (χ1n) is 29.5. The maximum absolute atomic E-state index is 11.2. The van der Waals surface area contributed by atoms with Gasteiger partial charge in [0.25, 0.3) is 0 Å². The van der Waals surface area contributed by atoms with Crippen LogP contribution in [-0.2, 0) is 23.8 Å². The van der Waals surface area contributed by atoms with Crippen molar-refractivity contribution in [3.05, 3.63) is 61.2 Å². The Labute approximate surface area is 499 Å². The van der Waals surface area contributed by atoms with Gasteiger partial charge in [0.2, 0.25) is 11.9 Å². The number of nitrogens with zero attached hydrogens (tertiary/aromatic N) is 10. The number of aromatic nitrogens is 8. The van der Waals surface area contributed by atoms with Gasteiger partial charge in [0.1, 0.15) is 24.0 Å². The number of rotatable bonds is 26. The number of methoxy groups -OCH3 is 1. The van der Waals surface area contributed by atoms with Crippen molar-refractivity contribution < 1.29 is 62.7 Å². The molecule has 6 N–H and O–H groups in total. The average molecular weight is 1140 g/mol. The largest absolute Gasteiger partial charge is 1.00 e. The van der Waals surface area contributed by atoms with Crippen molar-refractivity contribution in [2.45, 2.75) is 153 Å². The second kappa shape index (κ2) is 33.2. The van der Waals surface area contributed by atoms with Crippen molar-refractivity contribution in [3.63, 3.8) is 0 Å². The normalized spacial score (nSPS) is 18.0. The quantitative estimate of drug-likeness (QED) is 0.0203. The van der Waals surface area contributed by atoms with Crippen LogP contribution >= 0.6 is 0 Å². The molecular formula is C59H85LiN14O9. The first-order valence-corrected chi connectivity index (χ1v) is 29.5. The van der Waals surface area contributed by atoms with Gasteiger partial charge in [-0.2, -0.15) is 19.9 Å². The number of hydrogen-bond donors (Lipinski definition) is 5. The summed E-state index contributed by atoms with van der Waals surface area (Å²) in [5.74, 6) is 3.27. The monoisotopic (exact) mass is 1140 g/mol. The van der Waals surface area contributed by atoms with Gasteiger partial charge in [-0.15, -0.1) is 0 Å². The number of piperidine rings is 2. The number of aliphatic carboxylic acids is 1. The van der Waals surface area contributed by atoms with Gasteiger partial charge in [-0.05, 0) is 179 Å². The van der Waals surface area contributed by atoms with E-state index in [2.05, 4.69) is 49.9 Å². The van der Waals surface area contributed by atoms with Gasteiger partial charge in [0.15, 0.2) is 34.0 Å². The summed E-state index contributed by atoms with van der Waals surface area (Å²) < 4.78 is 32.7. The number of hydrogen-bond acceptors (Lipinski definition) is 20. The van der Waals surface area contributed by atoms with E-state index in [1.165, 1.54) is 7.11 Å². The fourth-order valence-corrected chi connectivity index (χ4v) is 10.6. The molecule has 8 heterocycles. The van der Waals surface area contributed by atoms with Crippen molar-refractivity contribution in [2.24, 2.45) is 0 Å². The summed E-state index contributed by atoms with van der Waals surface area (Å²) in [7, 11) is 5.76. The molecule has 6 aromatic rings. The second-order valence-electron chi connectivity index (χ2n) is 21.8. The Morgan fingerprint density at radius 1 is 0.578 bits per heavy atom. The fourth-order valence-electron chi connectivity index (χ4n) is 10.6. The van der Waals surface area contributed by atoms with E-state index in [-0.39, 0.29) is 49.2 Å². The summed E-state index contributed by atoms with van der Waals surface area (Å²) in [6.45, 7) is 6.99. The zero-order valence-corrected chi connectivity index (χ0v) is 49.1. The Morgan fingerprint density at radius 2 is 1.00 bits per heavy atom. The number of benzene rings is 2. The summed E-state index contributed by atoms with van der Waals surface area (Å²) in [5, 5.41) is 22.8. The average Bonchev–Trinajstić information content (AvgIpc) is 4.32. The van der Waals surface area contributed by atoms with Crippen LogP contribution in [0, 0.1) is 0 Å². The number of ether oxygens (including phenoxy) is 5. The van der Waals surface area contributed by atoms with E-state index in [9.17, 15) is 9.59 Å². The number of anilines is 6. The molecular weight excluding hydrogens is 1060 g/mol. The van der Waals surface area contributed by atoms with Crippen LogP contribution < -0.4 is 49.6 Å². The van der Waals surface area contributed by atoms with E-state index in [1.807, 2.05) is 70.3 Å². The molecule has 0 aliphatic carbocycles. The summed E-state index contributed by atoms with van der Waals surface area (Å²) >= 11 is 0. The maximum atomic E-state index is 11.2. The smallest absolute Gasteiger partial charge is 0.870 e. The zero-order valence-electron chi connectivity index (χ0n) is 49.1. The van der Waals surface area contributed by atoms with Gasteiger partial charge in [-0.3, -0.25) is 18.7 Å². The Balaban J connectivity index is 0.000000233. The van der Waals surface area contributed by atoms with Crippen molar-refractivity contribution in [1.82, 2.24) is 48.8 Å². The first kappa shape index (κ1) is 64.2. The molecule has 24 heteroatoms. The van der Waals surface area contributed by atoms with Crippen LogP contribution in [0.5, 0.6) is 11.5 Å². The third-order valence-corrected chi connectivity index (χ3v) is 15.4. The number of carboxylic acids is 1. The predicted molar refractivity (Wildman–Crippen MR) is 315 cm³/mol. The molecule has 0 saturated carbocycles. The van der Waals surface area contributed by atoms with Crippen molar-refractivity contribution in [3.8, 4) is 11.5 Å². The van der Waals surface area contributed by atoms with Crippen LogP contribution in [0.4, 0.5) is 34.9 Å². The fraction of sp³-hybridized carbons (Fsp3) is 0.593. The third-order valence-electron chi connectivity index (χ3n) is 15.4. The van der Waals surface area contributed by atoms with Crippen molar-refractivity contribution >= 4 is 69.2 Å². The molecule has 83 heavy (non-hydrogen) atoms. The first-order chi connectivity index (χ1) is 39.6. The molecule has 4 aliphatic rings. The van der Waals surface area contributed by atoms with E-state index in [0.717, 1.165) is 205 Å². The third kappa shape index (κ3) is 19.4. The standard InChI is InChI=1S/C30H43N7O4.C29H41N7O4.Li.H2O/c1-36-17-15-23(16-18-36)32-28-27-29(37(21-31-27)25-9-6-8-20-41-25)35-30(34-28)33-22-11-13-24(14-12-22)40-19-7-4-3-5-10-26(38)39-2;1-35-16-14-22(15-17-35)31-27-26-28(36(20-30-26)24-8-5-7-19-40-24)34-29(33-27)32-21-10-12-23(13-11-21)39-18-6-3-2-4-9-25(37)38;;/h11-14,21,23,25H,3-10,15-20H2,1-2H3,(H2,32,33,34,35);10-13,20,22,24H,2-9,14-19H2,1H3,(H,37,38)(H2,31,32,33,34);;1H2/q;;+1;/p-1. The van der Waals surface area contributed by atoms with Crippen LogP contribution in [0.3, 0.4) is 0 Å². The Kier molecular flexibility index (Phi) is 25.7. The molecule has 2 unspecified atom stereocenters. The van der Waals surface area contributed by atoms with E-state index < -0.39 is 5.97 Å². The molecule has 0 spiro atoms.